The highest BCUT2D eigenvalue weighted by atomic mass is 19.1. The molecule has 1 amide bonds. The maximum atomic E-state index is 13.1. The molecule has 1 N–H and O–H groups in total. The van der Waals surface area contributed by atoms with Crippen LogP contribution in [0.2, 0.25) is 0 Å². The summed E-state index contributed by atoms with van der Waals surface area (Å²) in [7, 11) is 0. The number of rotatable bonds is 5. The molecule has 2 heterocycles. The quantitative estimate of drug-likeness (QED) is 0.818. The van der Waals surface area contributed by atoms with E-state index < -0.39 is 0 Å². The Morgan fingerprint density at radius 3 is 2.30 bits per heavy atom. The number of aryl methyl sites for hydroxylation is 1. The van der Waals surface area contributed by atoms with E-state index in [-0.39, 0.29) is 17.5 Å². The fraction of sp³-hybridized carbons (Fsp3) is 0.429. The van der Waals surface area contributed by atoms with Crippen LogP contribution in [0.1, 0.15) is 52.4 Å². The van der Waals surface area contributed by atoms with Gasteiger partial charge in [0.25, 0.3) is 5.91 Å². The molecule has 5 nitrogen and oxygen atoms in total. The van der Waals surface area contributed by atoms with Crippen LogP contribution < -0.4 is 4.90 Å². The van der Waals surface area contributed by atoms with Gasteiger partial charge in [-0.1, -0.05) is 13.3 Å². The first kappa shape index (κ1) is 19.1. The summed E-state index contributed by atoms with van der Waals surface area (Å²) in [6.45, 7) is 8.01. The van der Waals surface area contributed by atoms with Crippen molar-refractivity contribution < 1.29 is 14.0 Å². The van der Waals surface area contributed by atoms with Crippen molar-refractivity contribution in [2.24, 2.45) is 0 Å². The van der Waals surface area contributed by atoms with Crippen LogP contribution in [-0.4, -0.2) is 47.8 Å². The minimum atomic E-state index is -0.251. The van der Waals surface area contributed by atoms with Crippen LogP contribution in [0, 0.1) is 12.7 Å². The van der Waals surface area contributed by atoms with Crippen LogP contribution in [0.3, 0.4) is 0 Å². The van der Waals surface area contributed by atoms with Gasteiger partial charge in [-0.15, -0.1) is 0 Å². The summed E-state index contributed by atoms with van der Waals surface area (Å²) in [6, 6.07) is 6.43. The molecule has 0 bridgehead atoms. The van der Waals surface area contributed by atoms with E-state index in [0.29, 0.717) is 43.9 Å². The van der Waals surface area contributed by atoms with Crippen molar-refractivity contribution in [3.05, 3.63) is 52.6 Å². The number of ketones is 1. The molecule has 1 aromatic heterocycles. The van der Waals surface area contributed by atoms with Gasteiger partial charge in [-0.25, -0.2) is 4.39 Å². The lowest BCUT2D eigenvalue weighted by atomic mass is 10.0. The van der Waals surface area contributed by atoms with E-state index in [1.807, 2.05) is 18.7 Å². The number of carbonyl (C=O) groups excluding carboxylic acids is 2. The predicted octanol–water partition coefficient (Wildman–Crippen LogP) is 3.58. The van der Waals surface area contributed by atoms with Gasteiger partial charge in [-0.2, -0.15) is 0 Å². The van der Waals surface area contributed by atoms with E-state index >= 15 is 0 Å². The van der Waals surface area contributed by atoms with Crippen LogP contribution in [0.25, 0.3) is 0 Å². The maximum Gasteiger partial charge on any atom is 0.270 e. The van der Waals surface area contributed by atoms with Gasteiger partial charge in [0.2, 0.25) is 0 Å². The average molecular weight is 371 g/mol. The number of aromatic amines is 1. The number of hydrogen-bond donors (Lipinski definition) is 1. The fourth-order valence-corrected chi connectivity index (χ4v) is 3.81. The normalized spacial score (nSPS) is 14.5. The Labute approximate surface area is 159 Å². The molecule has 0 radical (unpaired) electrons. The van der Waals surface area contributed by atoms with Gasteiger partial charge in [-0.05, 0) is 50.1 Å². The van der Waals surface area contributed by atoms with E-state index in [0.717, 1.165) is 23.4 Å². The van der Waals surface area contributed by atoms with Gasteiger partial charge < -0.3 is 14.8 Å². The van der Waals surface area contributed by atoms with E-state index in [4.69, 9.17) is 0 Å². The number of nitrogens with one attached hydrogen (secondary N) is 1. The topological polar surface area (TPSA) is 56.4 Å². The molecule has 2 aromatic rings. The minimum absolute atomic E-state index is 0.00706. The first-order chi connectivity index (χ1) is 12.9. The second kappa shape index (κ2) is 7.94. The highest BCUT2D eigenvalue weighted by molar-refractivity contribution is 6.02. The Morgan fingerprint density at radius 1 is 1.11 bits per heavy atom. The van der Waals surface area contributed by atoms with Crippen molar-refractivity contribution in [1.29, 1.82) is 0 Å². The van der Waals surface area contributed by atoms with E-state index in [1.165, 1.54) is 12.1 Å². The van der Waals surface area contributed by atoms with Crippen molar-refractivity contribution in [3.63, 3.8) is 0 Å². The number of hydrogen-bond acceptors (Lipinski definition) is 3. The lowest BCUT2D eigenvalue weighted by Gasteiger charge is -2.36. The lowest BCUT2D eigenvalue weighted by molar-refractivity contribution is 0.0740. The van der Waals surface area contributed by atoms with Gasteiger partial charge in [0, 0.05) is 43.1 Å². The number of halogens is 1. The number of benzene rings is 1. The third kappa shape index (κ3) is 3.89. The highest BCUT2D eigenvalue weighted by Crippen LogP contribution is 2.24. The molecule has 0 atom stereocenters. The fourth-order valence-electron chi connectivity index (χ4n) is 3.81. The molecule has 144 valence electrons. The van der Waals surface area contributed by atoms with Crippen molar-refractivity contribution in [3.8, 4) is 0 Å². The SMILES string of the molecule is CCCc1c(C(=O)N2CCN(c3ccc(F)cc3)CC2)[nH]c(C)c1C(C)=O. The largest absolute Gasteiger partial charge is 0.368 e. The lowest BCUT2D eigenvalue weighted by Crippen LogP contribution is -2.49. The van der Waals surface area contributed by atoms with Gasteiger partial charge in [0.1, 0.15) is 11.5 Å². The standard InChI is InChI=1S/C21H26FN3O2/c1-4-5-18-19(15(3)26)14(2)23-20(18)21(27)25-12-10-24(11-13-25)17-8-6-16(22)7-9-17/h6-9,23H,4-5,10-13H2,1-3H3. The number of piperazine rings is 1. The zero-order chi connectivity index (χ0) is 19.6. The molecule has 1 aliphatic heterocycles. The number of amides is 1. The monoisotopic (exact) mass is 371 g/mol. The molecule has 0 saturated carbocycles. The Kier molecular flexibility index (Phi) is 5.63. The smallest absolute Gasteiger partial charge is 0.270 e. The zero-order valence-electron chi connectivity index (χ0n) is 16.1. The van der Waals surface area contributed by atoms with Crippen molar-refractivity contribution in [2.75, 3.05) is 31.1 Å². The maximum absolute atomic E-state index is 13.1. The molecule has 0 aliphatic carbocycles. The van der Waals surface area contributed by atoms with Crippen LogP contribution in [0.5, 0.6) is 0 Å². The Balaban J connectivity index is 1.75. The predicted molar refractivity (Wildman–Crippen MR) is 104 cm³/mol. The molecule has 3 rings (SSSR count). The molecule has 0 spiro atoms. The Hall–Kier alpha value is -2.63. The molecule has 1 saturated heterocycles. The van der Waals surface area contributed by atoms with Gasteiger partial charge in [0.05, 0.1) is 0 Å². The number of H-pyrrole nitrogens is 1. The number of Topliss-reactive ketones (excluding diaryl/α,β-unsaturated/α-hetero) is 1. The third-order valence-electron chi connectivity index (χ3n) is 5.12. The molecule has 1 fully saturated rings. The summed E-state index contributed by atoms with van der Waals surface area (Å²) >= 11 is 0. The molecule has 0 unspecified atom stereocenters. The molecular formula is C21H26FN3O2. The number of carbonyl (C=O) groups is 2. The van der Waals surface area contributed by atoms with E-state index in [2.05, 4.69) is 9.88 Å². The summed E-state index contributed by atoms with van der Waals surface area (Å²) in [5.41, 5.74) is 3.78. The number of aromatic nitrogens is 1. The van der Waals surface area contributed by atoms with Gasteiger partial charge >= 0.3 is 0 Å². The van der Waals surface area contributed by atoms with Crippen molar-refractivity contribution in [1.82, 2.24) is 9.88 Å². The molecular weight excluding hydrogens is 345 g/mol. The second-order valence-electron chi connectivity index (χ2n) is 7.04. The second-order valence-corrected chi connectivity index (χ2v) is 7.04. The summed E-state index contributed by atoms with van der Waals surface area (Å²) in [5, 5.41) is 0. The summed E-state index contributed by atoms with van der Waals surface area (Å²) < 4.78 is 13.1. The molecule has 1 aliphatic rings. The number of anilines is 1. The Morgan fingerprint density at radius 2 is 1.74 bits per heavy atom. The average Bonchev–Trinajstić information content (AvgIpc) is 2.98. The van der Waals surface area contributed by atoms with Crippen LogP contribution in [-0.2, 0) is 6.42 Å². The van der Waals surface area contributed by atoms with Crippen molar-refractivity contribution in [2.45, 2.75) is 33.6 Å². The van der Waals surface area contributed by atoms with E-state index in [1.54, 1.807) is 19.1 Å². The zero-order valence-corrected chi connectivity index (χ0v) is 16.1. The van der Waals surface area contributed by atoms with Crippen LogP contribution >= 0.6 is 0 Å². The summed E-state index contributed by atoms with van der Waals surface area (Å²) in [6.07, 6.45) is 1.58. The highest BCUT2D eigenvalue weighted by Gasteiger charge is 2.28. The first-order valence-corrected chi connectivity index (χ1v) is 9.44. The molecule has 6 heteroatoms. The Bertz CT molecular complexity index is 834. The van der Waals surface area contributed by atoms with Crippen molar-refractivity contribution >= 4 is 17.4 Å². The molecule has 1 aromatic carbocycles. The van der Waals surface area contributed by atoms with Crippen LogP contribution in [0.4, 0.5) is 10.1 Å². The van der Waals surface area contributed by atoms with Crippen LogP contribution in [0.15, 0.2) is 24.3 Å². The first-order valence-electron chi connectivity index (χ1n) is 9.44. The number of nitrogens with zero attached hydrogens (tertiary/aromatic N) is 2. The molecule has 27 heavy (non-hydrogen) atoms. The van der Waals surface area contributed by atoms with E-state index in [9.17, 15) is 14.0 Å². The van der Waals surface area contributed by atoms with Gasteiger partial charge in [0.15, 0.2) is 5.78 Å². The minimum Gasteiger partial charge on any atom is -0.368 e. The third-order valence-corrected chi connectivity index (χ3v) is 5.12. The summed E-state index contributed by atoms with van der Waals surface area (Å²) in [5.74, 6) is -0.306. The van der Waals surface area contributed by atoms with Gasteiger partial charge in [-0.3, -0.25) is 9.59 Å². The summed E-state index contributed by atoms with van der Waals surface area (Å²) in [4.78, 5) is 32.2.